The quantitative estimate of drug-likeness (QED) is 0.736. The maximum absolute atomic E-state index is 12.3. The molecule has 2 unspecified atom stereocenters. The molecule has 4 nitrogen and oxygen atoms in total. The molecular weight excluding hydrogens is 252 g/mol. The van der Waals surface area contributed by atoms with Crippen LogP contribution in [0.5, 0.6) is 0 Å². The number of hydrogen-bond acceptors (Lipinski definition) is 2. The Bertz CT molecular complexity index is 477. The van der Waals surface area contributed by atoms with Crippen LogP contribution in [-0.4, -0.2) is 36.9 Å². The van der Waals surface area contributed by atoms with Crippen LogP contribution in [0.3, 0.4) is 0 Å². The van der Waals surface area contributed by atoms with Gasteiger partial charge < -0.3 is 9.80 Å². The number of likely N-dealkylation sites (N-methyl/N-ethyl adjacent to an activating group) is 1. The largest absolute Gasteiger partial charge is 0.334 e. The first-order chi connectivity index (χ1) is 9.49. The number of rotatable bonds is 1. The molecule has 1 saturated heterocycles. The number of para-hydroxylation sites is 1. The minimum absolute atomic E-state index is 0.394. The molecule has 2 atom stereocenters. The summed E-state index contributed by atoms with van der Waals surface area (Å²) in [5, 5.41) is 0. The molecule has 0 aromatic heterocycles. The average Bonchev–Trinajstić information content (AvgIpc) is 2.45. The minimum Gasteiger partial charge on any atom is -0.334 e. The summed E-state index contributed by atoms with van der Waals surface area (Å²) in [6.07, 6.45) is 1.12. The summed E-state index contributed by atoms with van der Waals surface area (Å²) in [4.78, 5) is 27.7. The molecule has 0 saturated carbocycles. The first-order valence-electron chi connectivity index (χ1n) is 7.11. The van der Waals surface area contributed by atoms with Crippen LogP contribution in [0.1, 0.15) is 20.3 Å². The number of anilines is 1. The Balaban J connectivity index is 2.07. The van der Waals surface area contributed by atoms with Gasteiger partial charge in [0.2, 0.25) is 0 Å². The lowest BCUT2D eigenvalue weighted by atomic mass is 9.92. The SMILES string of the molecule is CC1CC(C)CN(C(=O)C(=O)N(C)c2ccccc2)C1. The van der Waals surface area contributed by atoms with E-state index in [4.69, 9.17) is 0 Å². The Labute approximate surface area is 120 Å². The number of amides is 2. The Kier molecular flexibility index (Phi) is 4.42. The number of carbonyl (C=O) groups excluding carboxylic acids is 2. The van der Waals surface area contributed by atoms with Crippen LogP contribution in [0.2, 0.25) is 0 Å². The fourth-order valence-electron chi connectivity index (χ4n) is 2.88. The van der Waals surface area contributed by atoms with Crippen molar-refractivity contribution in [1.29, 1.82) is 0 Å². The van der Waals surface area contributed by atoms with Crippen molar-refractivity contribution in [3.8, 4) is 0 Å². The van der Waals surface area contributed by atoms with E-state index in [2.05, 4.69) is 13.8 Å². The Morgan fingerprint density at radius 2 is 1.65 bits per heavy atom. The third kappa shape index (κ3) is 3.18. The van der Waals surface area contributed by atoms with Gasteiger partial charge in [-0.05, 0) is 30.4 Å². The average molecular weight is 274 g/mol. The molecule has 20 heavy (non-hydrogen) atoms. The van der Waals surface area contributed by atoms with Gasteiger partial charge in [0.25, 0.3) is 0 Å². The van der Waals surface area contributed by atoms with Gasteiger partial charge in [-0.1, -0.05) is 32.0 Å². The fourth-order valence-corrected chi connectivity index (χ4v) is 2.88. The third-order valence-electron chi connectivity index (χ3n) is 3.79. The molecule has 1 fully saturated rings. The van der Waals surface area contributed by atoms with E-state index in [1.807, 2.05) is 30.3 Å². The van der Waals surface area contributed by atoms with Gasteiger partial charge in [0.05, 0.1) is 0 Å². The van der Waals surface area contributed by atoms with E-state index in [1.165, 1.54) is 4.90 Å². The summed E-state index contributed by atoms with van der Waals surface area (Å²) in [6.45, 7) is 5.61. The molecule has 0 N–H and O–H groups in total. The van der Waals surface area contributed by atoms with E-state index in [-0.39, 0.29) is 0 Å². The van der Waals surface area contributed by atoms with Gasteiger partial charge in [-0.15, -0.1) is 0 Å². The van der Waals surface area contributed by atoms with Gasteiger partial charge in [-0.3, -0.25) is 9.59 Å². The normalized spacial score (nSPS) is 22.4. The topological polar surface area (TPSA) is 40.6 Å². The standard InChI is InChI=1S/C16H22N2O2/c1-12-9-13(2)11-18(10-12)16(20)15(19)17(3)14-7-5-4-6-8-14/h4-8,12-13H,9-11H2,1-3H3. The molecule has 2 rings (SSSR count). The van der Waals surface area contributed by atoms with E-state index in [0.717, 1.165) is 12.1 Å². The van der Waals surface area contributed by atoms with Crippen molar-refractivity contribution in [2.24, 2.45) is 11.8 Å². The first kappa shape index (κ1) is 14.6. The van der Waals surface area contributed by atoms with Crippen LogP contribution in [0.25, 0.3) is 0 Å². The highest BCUT2D eigenvalue weighted by molar-refractivity contribution is 6.40. The van der Waals surface area contributed by atoms with Crippen molar-refractivity contribution in [1.82, 2.24) is 4.90 Å². The van der Waals surface area contributed by atoms with Crippen LogP contribution in [0, 0.1) is 11.8 Å². The van der Waals surface area contributed by atoms with Crippen molar-refractivity contribution < 1.29 is 9.59 Å². The molecule has 2 amide bonds. The zero-order valence-electron chi connectivity index (χ0n) is 12.4. The van der Waals surface area contributed by atoms with E-state index in [1.54, 1.807) is 11.9 Å². The maximum Gasteiger partial charge on any atom is 0.316 e. The molecule has 0 aliphatic carbocycles. The molecule has 0 radical (unpaired) electrons. The van der Waals surface area contributed by atoms with Crippen molar-refractivity contribution in [2.75, 3.05) is 25.0 Å². The zero-order chi connectivity index (χ0) is 14.7. The predicted molar refractivity (Wildman–Crippen MR) is 79.4 cm³/mol. The van der Waals surface area contributed by atoms with Crippen LogP contribution in [0.15, 0.2) is 30.3 Å². The number of carbonyl (C=O) groups is 2. The summed E-state index contributed by atoms with van der Waals surface area (Å²) >= 11 is 0. The number of benzene rings is 1. The molecule has 0 bridgehead atoms. The fraction of sp³-hybridized carbons (Fsp3) is 0.500. The van der Waals surface area contributed by atoms with Crippen LogP contribution >= 0.6 is 0 Å². The van der Waals surface area contributed by atoms with Gasteiger partial charge in [-0.2, -0.15) is 0 Å². The Morgan fingerprint density at radius 1 is 1.10 bits per heavy atom. The lowest BCUT2D eigenvalue weighted by Gasteiger charge is -2.35. The van der Waals surface area contributed by atoms with Crippen LogP contribution < -0.4 is 4.90 Å². The van der Waals surface area contributed by atoms with Crippen molar-refractivity contribution in [2.45, 2.75) is 20.3 Å². The number of hydrogen-bond donors (Lipinski definition) is 0. The Morgan fingerprint density at radius 3 is 2.20 bits per heavy atom. The van der Waals surface area contributed by atoms with Gasteiger partial charge in [0.15, 0.2) is 0 Å². The lowest BCUT2D eigenvalue weighted by Crippen LogP contribution is -2.49. The van der Waals surface area contributed by atoms with E-state index in [0.29, 0.717) is 24.9 Å². The molecule has 1 aromatic rings. The second kappa shape index (κ2) is 6.07. The molecule has 108 valence electrons. The van der Waals surface area contributed by atoms with Gasteiger partial charge in [-0.25, -0.2) is 0 Å². The van der Waals surface area contributed by atoms with Crippen molar-refractivity contribution in [3.05, 3.63) is 30.3 Å². The van der Waals surface area contributed by atoms with Crippen LogP contribution in [0.4, 0.5) is 5.69 Å². The smallest absolute Gasteiger partial charge is 0.316 e. The molecule has 1 aliphatic heterocycles. The Hall–Kier alpha value is -1.84. The highest BCUT2D eigenvalue weighted by atomic mass is 16.2. The number of nitrogens with zero attached hydrogens (tertiary/aromatic N) is 2. The summed E-state index contributed by atoms with van der Waals surface area (Å²) in [6, 6.07) is 9.25. The van der Waals surface area contributed by atoms with Gasteiger partial charge in [0.1, 0.15) is 0 Å². The first-order valence-corrected chi connectivity index (χ1v) is 7.11. The zero-order valence-corrected chi connectivity index (χ0v) is 12.4. The van der Waals surface area contributed by atoms with E-state index in [9.17, 15) is 9.59 Å². The van der Waals surface area contributed by atoms with Gasteiger partial charge >= 0.3 is 11.8 Å². The molecule has 0 spiro atoms. The molecular formula is C16H22N2O2. The maximum atomic E-state index is 12.3. The predicted octanol–water partition coefficient (Wildman–Crippen LogP) is 2.15. The lowest BCUT2D eigenvalue weighted by molar-refractivity contribution is -0.146. The van der Waals surface area contributed by atoms with Gasteiger partial charge in [0, 0.05) is 25.8 Å². The molecule has 4 heteroatoms. The molecule has 1 aromatic carbocycles. The van der Waals surface area contributed by atoms with Crippen LogP contribution in [-0.2, 0) is 9.59 Å². The highest BCUT2D eigenvalue weighted by Gasteiger charge is 2.31. The summed E-state index contributed by atoms with van der Waals surface area (Å²) in [7, 11) is 1.65. The molecule has 1 aliphatic rings. The third-order valence-corrected chi connectivity index (χ3v) is 3.79. The van der Waals surface area contributed by atoms with Crippen molar-refractivity contribution >= 4 is 17.5 Å². The number of piperidine rings is 1. The second-order valence-corrected chi connectivity index (χ2v) is 5.86. The summed E-state index contributed by atoms with van der Waals surface area (Å²) < 4.78 is 0. The molecule has 1 heterocycles. The summed E-state index contributed by atoms with van der Waals surface area (Å²) in [5.41, 5.74) is 0.740. The second-order valence-electron chi connectivity index (χ2n) is 5.86. The highest BCUT2D eigenvalue weighted by Crippen LogP contribution is 2.21. The minimum atomic E-state index is -0.461. The monoisotopic (exact) mass is 274 g/mol. The summed E-state index contributed by atoms with van der Waals surface area (Å²) in [5.74, 6) is 0.0577. The number of likely N-dealkylation sites (tertiary alicyclic amines) is 1. The van der Waals surface area contributed by atoms with Crippen molar-refractivity contribution in [3.63, 3.8) is 0 Å². The van der Waals surface area contributed by atoms with E-state index >= 15 is 0 Å². The van der Waals surface area contributed by atoms with E-state index < -0.39 is 11.8 Å².